The van der Waals surface area contributed by atoms with Crippen molar-refractivity contribution in [2.75, 3.05) is 5.32 Å². The number of nitrogens with zero attached hydrogens (tertiary/aromatic N) is 1. The van der Waals surface area contributed by atoms with Crippen LogP contribution >= 0.6 is 0 Å². The van der Waals surface area contributed by atoms with Crippen molar-refractivity contribution in [3.8, 4) is 5.75 Å². The third-order valence-corrected chi connectivity index (χ3v) is 3.81. The summed E-state index contributed by atoms with van der Waals surface area (Å²) in [6.45, 7) is 5.77. The van der Waals surface area contributed by atoms with Gasteiger partial charge in [-0.3, -0.25) is 14.9 Å². The van der Waals surface area contributed by atoms with Gasteiger partial charge in [-0.05, 0) is 43.5 Å². The van der Waals surface area contributed by atoms with E-state index < -0.39 is 11.0 Å². The molecule has 126 valence electrons. The molecule has 2 aromatic rings. The molecule has 24 heavy (non-hydrogen) atoms. The highest BCUT2D eigenvalue weighted by Crippen LogP contribution is 2.23. The fraction of sp³-hybridized carbons (Fsp3) is 0.278. The first kappa shape index (κ1) is 17.5. The fourth-order valence-electron chi connectivity index (χ4n) is 2.25. The van der Waals surface area contributed by atoms with Crippen molar-refractivity contribution in [2.24, 2.45) is 0 Å². The van der Waals surface area contributed by atoms with Gasteiger partial charge in [0, 0.05) is 17.8 Å². The third-order valence-electron chi connectivity index (χ3n) is 3.81. The van der Waals surface area contributed by atoms with Crippen molar-refractivity contribution >= 4 is 17.3 Å². The third kappa shape index (κ3) is 4.10. The molecule has 2 rings (SSSR count). The molecule has 2 aromatic carbocycles. The standard InChI is InChI=1S/C18H20N2O4/c1-4-16(24-17-10-5-7-12(2)13(17)3)18(21)19-14-8-6-9-15(11-14)20(22)23/h5-11,16H,4H2,1-3H3,(H,19,21)/t16-/m0/s1. The van der Waals surface area contributed by atoms with E-state index in [1.54, 1.807) is 6.07 Å². The Kier molecular flexibility index (Phi) is 5.52. The Labute approximate surface area is 140 Å². The highest BCUT2D eigenvalue weighted by molar-refractivity contribution is 5.94. The molecule has 0 aliphatic rings. The van der Waals surface area contributed by atoms with Gasteiger partial charge in [0.1, 0.15) is 5.75 Å². The Bertz CT molecular complexity index is 758. The van der Waals surface area contributed by atoms with Gasteiger partial charge >= 0.3 is 0 Å². The summed E-state index contributed by atoms with van der Waals surface area (Å²) in [7, 11) is 0. The lowest BCUT2D eigenvalue weighted by Gasteiger charge is -2.19. The quantitative estimate of drug-likeness (QED) is 0.641. The van der Waals surface area contributed by atoms with Crippen molar-refractivity contribution in [3.63, 3.8) is 0 Å². The smallest absolute Gasteiger partial charge is 0.271 e. The van der Waals surface area contributed by atoms with Gasteiger partial charge in [0.25, 0.3) is 11.6 Å². The predicted molar refractivity (Wildman–Crippen MR) is 92.3 cm³/mol. The molecule has 0 unspecified atom stereocenters. The number of nitrogens with one attached hydrogen (secondary N) is 1. The maximum absolute atomic E-state index is 12.4. The summed E-state index contributed by atoms with van der Waals surface area (Å²) in [5.41, 5.74) is 2.37. The van der Waals surface area contributed by atoms with Crippen molar-refractivity contribution in [2.45, 2.75) is 33.3 Å². The van der Waals surface area contributed by atoms with Gasteiger partial charge in [-0.25, -0.2) is 0 Å². The molecule has 0 aliphatic carbocycles. The van der Waals surface area contributed by atoms with Crippen LogP contribution in [0.25, 0.3) is 0 Å². The summed E-state index contributed by atoms with van der Waals surface area (Å²) in [6, 6.07) is 11.5. The van der Waals surface area contributed by atoms with E-state index in [1.165, 1.54) is 18.2 Å². The number of carbonyl (C=O) groups is 1. The number of hydrogen-bond donors (Lipinski definition) is 1. The number of rotatable bonds is 6. The minimum Gasteiger partial charge on any atom is -0.480 e. The van der Waals surface area contributed by atoms with Gasteiger partial charge in [-0.1, -0.05) is 25.1 Å². The number of non-ortho nitro benzene ring substituents is 1. The van der Waals surface area contributed by atoms with Crippen LogP contribution in [0, 0.1) is 24.0 Å². The van der Waals surface area contributed by atoms with Gasteiger partial charge in [-0.2, -0.15) is 0 Å². The summed E-state index contributed by atoms with van der Waals surface area (Å²) in [5, 5.41) is 13.5. The first-order chi connectivity index (χ1) is 11.4. The Morgan fingerprint density at radius 2 is 1.96 bits per heavy atom. The molecule has 0 fully saturated rings. The number of ether oxygens (including phenoxy) is 1. The summed E-state index contributed by atoms with van der Waals surface area (Å²) in [6.07, 6.45) is -0.196. The highest BCUT2D eigenvalue weighted by Gasteiger charge is 2.20. The van der Waals surface area contributed by atoms with E-state index in [-0.39, 0.29) is 11.6 Å². The lowest BCUT2D eigenvalue weighted by atomic mass is 10.1. The molecule has 0 spiro atoms. The van der Waals surface area contributed by atoms with Crippen LogP contribution in [0.2, 0.25) is 0 Å². The number of aryl methyl sites for hydroxylation is 1. The molecule has 0 heterocycles. The monoisotopic (exact) mass is 328 g/mol. The molecule has 0 aromatic heterocycles. The van der Waals surface area contributed by atoms with E-state index in [4.69, 9.17) is 4.74 Å². The first-order valence-electron chi connectivity index (χ1n) is 7.70. The number of nitro groups is 1. The molecule has 1 N–H and O–H groups in total. The lowest BCUT2D eigenvalue weighted by molar-refractivity contribution is -0.384. The maximum atomic E-state index is 12.4. The molecular formula is C18H20N2O4. The van der Waals surface area contributed by atoms with Crippen LogP contribution in [-0.4, -0.2) is 16.9 Å². The van der Waals surface area contributed by atoms with Crippen LogP contribution in [0.5, 0.6) is 5.75 Å². The van der Waals surface area contributed by atoms with Gasteiger partial charge in [0.15, 0.2) is 6.10 Å². The number of amides is 1. The van der Waals surface area contributed by atoms with Crippen LogP contribution < -0.4 is 10.1 Å². The Hall–Kier alpha value is -2.89. The zero-order chi connectivity index (χ0) is 17.7. The number of anilines is 1. The molecule has 0 saturated carbocycles. The summed E-state index contributed by atoms with van der Waals surface area (Å²) in [5.74, 6) is 0.329. The van der Waals surface area contributed by atoms with Crippen LogP contribution in [-0.2, 0) is 4.79 Å². The van der Waals surface area contributed by atoms with Crippen molar-refractivity contribution in [3.05, 3.63) is 63.7 Å². The molecule has 1 atom stereocenters. The molecule has 6 heteroatoms. The van der Waals surface area contributed by atoms with Crippen LogP contribution in [0.15, 0.2) is 42.5 Å². The van der Waals surface area contributed by atoms with E-state index in [1.807, 2.05) is 39.0 Å². The maximum Gasteiger partial charge on any atom is 0.271 e. The highest BCUT2D eigenvalue weighted by atomic mass is 16.6. The van der Waals surface area contributed by atoms with Crippen molar-refractivity contribution < 1.29 is 14.5 Å². The fourth-order valence-corrected chi connectivity index (χ4v) is 2.25. The number of carbonyl (C=O) groups excluding carboxylic acids is 1. The second-order valence-electron chi connectivity index (χ2n) is 5.51. The van der Waals surface area contributed by atoms with E-state index in [0.717, 1.165) is 11.1 Å². The number of benzene rings is 2. The van der Waals surface area contributed by atoms with Crippen molar-refractivity contribution in [1.82, 2.24) is 0 Å². The Morgan fingerprint density at radius 1 is 1.25 bits per heavy atom. The number of nitro benzene ring substituents is 1. The van der Waals surface area contributed by atoms with E-state index in [0.29, 0.717) is 17.9 Å². The molecular weight excluding hydrogens is 308 g/mol. The second kappa shape index (κ2) is 7.59. The molecule has 0 radical (unpaired) electrons. The van der Waals surface area contributed by atoms with E-state index in [9.17, 15) is 14.9 Å². The Morgan fingerprint density at radius 3 is 2.62 bits per heavy atom. The summed E-state index contributed by atoms with van der Waals surface area (Å²) in [4.78, 5) is 22.7. The van der Waals surface area contributed by atoms with Gasteiger partial charge in [0.2, 0.25) is 0 Å². The first-order valence-corrected chi connectivity index (χ1v) is 7.70. The average Bonchev–Trinajstić information content (AvgIpc) is 2.56. The normalized spacial score (nSPS) is 11.6. The Balaban J connectivity index is 2.13. The van der Waals surface area contributed by atoms with Gasteiger partial charge in [0.05, 0.1) is 4.92 Å². The number of hydrogen-bond acceptors (Lipinski definition) is 4. The predicted octanol–water partition coefficient (Wildman–Crippen LogP) is 4.01. The zero-order valence-electron chi connectivity index (χ0n) is 13.9. The van der Waals surface area contributed by atoms with E-state index >= 15 is 0 Å². The molecule has 6 nitrogen and oxygen atoms in total. The van der Waals surface area contributed by atoms with Crippen LogP contribution in [0.4, 0.5) is 11.4 Å². The van der Waals surface area contributed by atoms with Crippen LogP contribution in [0.1, 0.15) is 24.5 Å². The summed E-state index contributed by atoms with van der Waals surface area (Å²) >= 11 is 0. The molecule has 0 aliphatic heterocycles. The average molecular weight is 328 g/mol. The van der Waals surface area contributed by atoms with Gasteiger partial charge < -0.3 is 10.1 Å². The zero-order valence-corrected chi connectivity index (χ0v) is 13.9. The minimum atomic E-state index is -0.676. The minimum absolute atomic E-state index is 0.0729. The van der Waals surface area contributed by atoms with Crippen molar-refractivity contribution in [1.29, 1.82) is 0 Å². The lowest BCUT2D eigenvalue weighted by Crippen LogP contribution is -2.32. The largest absolute Gasteiger partial charge is 0.480 e. The molecule has 0 saturated heterocycles. The van der Waals surface area contributed by atoms with Crippen LogP contribution in [0.3, 0.4) is 0 Å². The SMILES string of the molecule is CC[C@H](Oc1cccc(C)c1C)C(=O)Nc1cccc([N+](=O)[O-])c1. The summed E-state index contributed by atoms with van der Waals surface area (Å²) < 4.78 is 5.84. The molecule has 0 bridgehead atoms. The topological polar surface area (TPSA) is 81.5 Å². The van der Waals surface area contributed by atoms with E-state index in [2.05, 4.69) is 5.32 Å². The molecule has 1 amide bonds. The van der Waals surface area contributed by atoms with Gasteiger partial charge in [-0.15, -0.1) is 0 Å². The second-order valence-corrected chi connectivity index (χ2v) is 5.51.